The summed E-state index contributed by atoms with van der Waals surface area (Å²) in [5.41, 5.74) is 9.70. The average molecular weight is 625 g/mol. The molecule has 0 aliphatic rings. The van der Waals surface area contributed by atoms with E-state index in [1.54, 1.807) is 0 Å². The fourth-order valence-corrected chi connectivity index (χ4v) is 7.32. The highest BCUT2D eigenvalue weighted by Gasteiger charge is 2.18. The van der Waals surface area contributed by atoms with Gasteiger partial charge in [0.1, 0.15) is 16.8 Å². The van der Waals surface area contributed by atoms with Crippen LogP contribution in [0.3, 0.4) is 0 Å². The lowest BCUT2D eigenvalue weighted by molar-refractivity contribution is 0.667. The third kappa shape index (κ3) is 4.51. The van der Waals surface area contributed by atoms with Crippen LogP contribution < -0.4 is 0 Å². The second-order valence-corrected chi connectivity index (χ2v) is 12.6. The summed E-state index contributed by atoms with van der Waals surface area (Å²) in [7, 11) is 0. The summed E-state index contributed by atoms with van der Waals surface area (Å²) in [6.07, 6.45) is 0. The van der Waals surface area contributed by atoms with Crippen LogP contribution in [0.25, 0.3) is 99.3 Å². The highest BCUT2D eigenvalue weighted by atomic mass is 16.3. The molecule has 0 spiro atoms. The van der Waals surface area contributed by atoms with Crippen molar-refractivity contribution in [3.63, 3.8) is 0 Å². The van der Waals surface area contributed by atoms with Crippen molar-refractivity contribution >= 4 is 54.4 Å². The van der Waals surface area contributed by atoms with Crippen LogP contribution in [0.15, 0.2) is 174 Å². The van der Waals surface area contributed by atoms with E-state index in [2.05, 4.69) is 133 Å². The summed E-state index contributed by atoms with van der Waals surface area (Å²) in [6.45, 7) is 0. The molecule has 3 heteroatoms. The van der Waals surface area contributed by atoms with Crippen LogP contribution in [0.1, 0.15) is 0 Å². The number of fused-ring (bicyclic) bond motifs is 9. The topological polar surface area (TPSA) is 38.9 Å². The van der Waals surface area contributed by atoms with E-state index in [1.807, 2.05) is 36.4 Å². The predicted molar refractivity (Wildman–Crippen MR) is 204 cm³/mol. The minimum absolute atomic E-state index is 0.671. The summed E-state index contributed by atoms with van der Waals surface area (Å²) < 4.78 is 6.32. The predicted octanol–water partition coefficient (Wildman–Crippen LogP) is 12.5. The Bertz CT molecular complexity index is 2850. The molecular formula is C46H28N2O. The summed E-state index contributed by atoms with van der Waals surface area (Å²) >= 11 is 0. The second kappa shape index (κ2) is 11.0. The van der Waals surface area contributed by atoms with Gasteiger partial charge in [-0.2, -0.15) is 0 Å². The number of para-hydroxylation sites is 1. The highest BCUT2D eigenvalue weighted by molar-refractivity contribution is 6.25. The summed E-state index contributed by atoms with van der Waals surface area (Å²) in [5, 5.41) is 8.67. The largest absolute Gasteiger partial charge is 0.452 e. The first-order valence-electron chi connectivity index (χ1n) is 16.6. The summed E-state index contributed by atoms with van der Waals surface area (Å²) in [4.78, 5) is 10.2. The van der Waals surface area contributed by atoms with Crippen molar-refractivity contribution in [1.82, 2.24) is 9.97 Å². The van der Waals surface area contributed by atoms with Crippen LogP contribution in [0.4, 0.5) is 0 Å². The molecule has 0 saturated heterocycles. The Kier molecular flexibility index (Phi) is 6.18. The van der Waals surface area contributed by atoms with Gasteiger partial charge in [0.25, 0.3) is 0 Å². The third-order valence-electron chi connectivity index (χ3n) is 9.66. The van der Waals surface area contributed by atoms with E-state index >= 15 is 0 Å². The Hall–Kier alpha value is -6.58. The number of hydrogen-bond donors (Lipinski definition) is 0. The average Bonchev–Trinajstić information content (AvgIpc) is 3.57. The highest BCUT2D eigenvalue weighted by Crippen LogP contribution is 2.39. The molecule has 0 bridgehead atoms. The fraction of sp³-hybridized carbons (Fsp3) is 0. The first kappa shape index (κ1) is 27.5. The molecule has 0 fully saturated rings. The van der Waals surface area contributed by atoms with E-state index in [4.69, 9.17) is 14.4 Å². The SMILES string of the molecule is c1ccc(-c2nc(-c3cccc(-c4cccc(-c5ccc6c7ccccc7c7ccccc7c6c5)c4)c3)nc3c2oc2ccccc23)cc1. The van der Waals surface area contributed by atoms with Crippen molar-refractivity contribution in [1.29, 1.82) is 0 Å². The Morgan fingerprint density at radius 2 is 0.816 bits per heavy atom. The second-order valence-electron chi connectivity index (χ2n) is 12.6. The molecule has 0 aliphatic carbocycles. The smallest absolute Gasteiger partial charge is 0.180 e. The molecule has 0 saturated carbocycles. The lowest BCUT2D eigenvalue weighted by Gasteiger charge is -2.13. The maximum atomic E-state index is 6.32. The molecule has 2 aromatic heterocycles. The maximum absolute atomic E-state index is 6.32. The Balaban J connectivity index is 1.10. The minimum atomic E-state index is 0.671. The lowest BCUT2D eigenvalue weighted by atomic mass is 9.91. The number of furan rings is 1. The van der Waals surface area contributed by atoms with Gasteiger partial charge in [-0.1, -0.05) is 140 Å². The van der Waals surface area contributed by atoms with Gasteiger partial charge in [0.2, 0.25) is 0 Å². The van der Waals surface area contributed by atoms with Crippen LogP contribution in [-0.4, -0.2) is 9.97 Å². The van der Waals surface area contributed by atoms with Crippen molar-refractivity contribution in [2.45, 2.75) is 0 Å². The van der Waals surface area contributed by atoms with Crippen molar-refractivity contribution in [3.8, 4) is 44.9 Å². The molecule has 10 aromatic rings. The first-order valence-corrected chi connectivity index (χ1v) is 16.6. The first-order chi connectivity index (χ1) is 24.3. The van der Waals surface area contributed by atoms with Gasteiger partial charge >= 0.3 is 0 Å². The fourth-order valence-electron chi connectivity index (χ4n) is 7.32. The molecular weight excluding hydrogens is 597 g/mol. The van der Waals surface area contributed by atoms with Gasteiger partial charge < -0.3 is 4.42 Å². The number of benzene rings is 8. The molecule has 0 unspecified atom stereocenters. The van der Waals surface area contributed by atoms with Crippen molar-refractivity contribution in [3.05, 3.63) is 170 Å². The molecule has 0 atom stereocenters. The summed E-state index contributed by atoms with van der Waals surface area (Å²) in [5.74, 6) is 0.671. The summed E-state index contributed by atoms with van der Waals surface area (Å²) in [6, 6.07) is 59.9. The van der Waals surface area contributed by atoms with E-state index < -0.39 is 0 Å². The van der Waals surface area contributed by atoms with E-state index in [9.17, 15) is 0 Å². The van der Waals surface area contributed by atoms with Gasteiger partial charge in [-0.05, 0) is 84.9 Å². The lowest BCUT2D eigenvalue weighted by Crippen LogP contribution is -1.94. The van der Waals surface area contributed by atoms with E-state index in [0.717, 1.165) is 44.4 Å². The normalized spacial score (nSPS) is 11.7. The molecule has 0 N–H and O–H groups in total. The van der Waals surface area contributed by atoms with Crippen LogP contribution >= 0.6 is 0 Å². The molecule has 2 heterocycles. The zero-order valence-corrected chi connectivity index (χ0v) is 26.5. The van der Waals surface area contributed by atoms with Gasteiger partial charge in [-0.15, -0.1) is 0 Å². The minimum Gasteiger partial charge on any atom is -0.452 e. The molecule has 228 valence electrons. The molecule has 0 radical (unpaired) electrons. The van der Waals surface area contributed by atoms with Crippen molar-refractivity contribution in [2.75, 3.05) is 0 Å². The van der Waals surface area contributed by atoms with Crippen molar-refractivity contribution in [2.24, 2.45) is 0 Å². The van der Waals surface area contributed by atoms with Gasteiger partial charge in [0.15, 0.2) is 11.4 Å². The van der Waals surface area contributed by atoms with E-state index in [-0.39, 0.29) is 0 Å². The standard InChI is InChI=1S/C46H28N2O/c1-2-12-29(13-3-1)43-45-44(40-22-8-9-23-42(40)49-45)48-46(47-43)34-17-11-16-32(27-34)30-14-10-15-31(26-30)33-24-25-39-37-20-5-4-18-35(37)36-19-6-7-21-38(36)41(39)28-33/h1-28H. The number of aromatic nitrogens is 2. The number of nitrogens with zero attached hydrogens (tertiary/aromatic N) is 2. The Morgan fingerprint density at radius 1 is 0.327 bits per heavy atom. The van der Waals surface area contributed by atoms with Crippen LogP contribution in [0.5, 0.6) is 0 Å². The third-order valence-corrected chi connectivity index (χ3v) is 9.66. The zero-order valence-electron chi connectivity index (χ0n) is 26.5. The van der Waals surface area contributed by atoms with Crippen LogP contribution in [0, 0.1) is 0 Å². The van der Waals surface area contributed by atoms with Gasteiger partial charge in [0, 0.05) is 16.5 Å². The molecule has 49 heavy (non-hydrogen) atoms. The van der Waals surface area contributed by atoms with Gasteiger partial charge in [-0.25, -0.2) is 9.97 Å². The Labute approximate surface area is 282 Å². The monoisotopic (exact) mass is 624 g/mol. The van der Waals surface area contributed by atoms with Crippen molar-refractivity contribution < 1.29 is 4.42 Å². The quantitative estimate of drug-likeness (QED) is 0.183. The van der Waals surface area contributed by atoms with Gasteiger partial charge in [-0.3, -0.25) is 0 Å². The molecule has 3 nitrogen and oxygen atoms in total. The number of hydrogen-bond acceptors (Lipinski definition) is 3. The molecule has 0 aliphatic heterocycles. The van der Waals surface area contributed by atoms with Crippen LogP contribution in [0.2, 0.25) is 0 Å². The molecule has 8 aromatic carbocycles. The zero-order chi connectivity index (χ0) is 32.3. The molecule has 10 rings (SSSR count). The van der Waals surface area contributed by atoms with Crippen LogP contribution in [-0.2, 0) is 0 Å². The molecule has 0 amide bonds. The number of rotatable bonds is 4. The van der Waals surface area contributed by atoms with Gasteiger partial charge in [0.05, 0.1) is 0 Å². The maximum Gasteiger partial charge on any atom is 0.180 e. The van der Waals surface area contributed by atoms with E-state index in [1.165, 1.54) is 43.4 Å². The Morgan fingerprint density at radius 3 is 1.49 bits per heavy atom. The van der Waals surface area contributed by atoms with E-state index in [0.29, 0.717) is 11.4 Å².